The molecule has 0 unspecified atom stereocenters. The number of aryl methyl sites for hydroxylation is 1. The fourth-order valence-corrected chi connectivity index (χ4v) is 3.99. The SMILES string of the molecule is Cc1cc2cccc(S(=O)(=O)N(C)C3CNC3)c2nc1Cl. The molecule has 1 saturated heterocycles. The molecule has 1 aliphatic rings. The largest absolute Gasteiger partial charge is 0.313 e. The molecule has 1 aromatic heterocycles. The van der Waals surface area contributed by atoms with Gasteiger partial charge in [0.25, 0.3) is 0 Å². The number of halogens is 1. The molecule has 112 valence electrons. The van der Waals surface area contributed by atoms with Crippen molar-refractivity contribution in [1.82, 2.24) is 14.6 Å². The Morgan fingerprint density at radius 3 is 2.71 bits per heavy atom. The smallest absolute Gasteiger partial charge is 0.245 e. The predicted octanol–water partition coefficient (Wildman–Crippen LogP) is 1.79. The summed E-state index contributed by atoms with van der Waals surface area (Å²) in [6.07, 6.45) is 0. The van der Waals surface area contributed by atoms with Crippen LogP contribution in [0.4, 0.5) is 0 Å². The Labute approximate surface area is 129 Å². The van der Waals surface area contributed by atoms with Gasteiger partial charge in [-0.25, -0.2) is 13.4 Å². The molecule has 1 fully saturated rings. The highest BCUT2D eigenvalue weighted by Crippen LogP contribution is 2.28. The van der Waals surface area contributed by atoms with Gasteiger partial charge in [0.05, 0.1) is 5.52 Å². The lowest BCUT2D eigenvalue weighted by Gasteiger charge is -2.34. The molecule has 2 aromatic rings. The molecule has 0 atom stereocenters. The average Bonchev–Trinajstić information content (AvgIpc) is 2.37. The number of benzene rings is 1. The number of hydrogen-bond acceptors (Lipinski definition) is 4. The third-order valence-electron chi connectivity index (χ3n) is 3.87. The number of nitrogens with one attached hydrogen (secondary N) is 1. The first-order valence-corrected chi connectivity index (χ1v) is 8.47. The van der Waals surface area contributed by atoms with E-state index < -0.39 is 10.0 Å². The van der Waals surface area contributed by atoms with Crippen LogP contribution in [0.5, 0.6) is 0 Å². The van der Waals surface area contributed by atoms with Gasteiger partial charge in [0.15, 0.2) is 0 Å². The summed E-state index contributed by atoms with van der Waals surface area (Å²) >= 11 is 6.06. The molecule has 2 heterocycles. The molecule has 1 aliphatic heterocycles. The van der Waals surface area contributed by atoms with Crippen LogP contribution in [-0.4, -0.2) is 43.9 Å². The number of pyridine rings is 1. The maximum atomic E-state index is 12.8. The van der Waals surface area contributed by atoms with E-state index in [-0.39, 0.29) is 10.9 Å². The van der Waals surface area contributed by atoms with E-state index in [1.165, 1.54) is 4.31 Å². The zero-order chi connectivity index (χ0) is 15.2. The Morgan fingerprint density at radius 2 is 2.10 bits per heavy atom. The number of hydrogen-bond donors (Lipinski definition) is 1. The molecule has 0 spiro atoms. The van der Waals surface area contributed by atoms with Crippen molar-refractivity contribution in [2.75, 3.05) is 20.1 Å². The molecule has 1 N–H and O–H groups in total. The second kappa shape index (κ2) is 5.21. The molecule has 1 aromatic carbocycles. The van der Waals surface area contributed by atoms with Crippen LogP contribution in [0.25, 0.3) is 10.9 Å². The summed E-state index contributed by atoms with van der Waals surface area (Å²) in [5, 5.41) is 4.18. The second-order valence-electron chi connectivity index (χ2n) is 5.26. The molecule has 0 saturated carbocycles. The van der Waals surface area contributed by atoms with E-state index in [1.54, 1.807) is 19.2 Å². The van der Waals surface area contributed by atoms with Crippen LogP contribution in [0.2, 0.25) is 5.15 Å². The summed E-state index contributed by atoms with van der Waals surface area (Å²) in [6.45, 7) is 3.20. The Hall–Kier alpha value is -1.21. The lowest BCUT2D eigenvalue weighted by molar-refractivity contribution is 0.274. The van der Waals surface area contributed by atoms with Crippen molar-refractivity contribution in [1.29, 1.82) is 0 Å². The van der Waals surface area contributed by atoms with E-state index in [2.05, 4.69) is 10.3 Å². The summed E-state index contributed by atoms with van der Waals surface area (Å²) < 4.78 is 27.0. The summed E-state index contributed by atoms with van der Waals surface area (Å²) in [5.41, 5.74) is 1.25. The molecule has 7 heteroatoms. The summed E-state index contributed by atoms with van der Waals surface area (Å²) in [5.74, 6) is 0. The average molecular weight is 326 g/mol. The minimum absolute atomic E-state index is 0.00817. The number of aromatic nitrogens is 1. The fraction of sp³-hybridized carbons (Fsp3) is 0.357. The summed E-state index contributed by atoms with van der Waals surface area (Å²) in [6, 6.07) is 7.01. The Bertz CT molecular complexity index is 803. The van der Waals surface area contributed by atoms with Gasteiger partial charge in [-0.15, -0.1) is 0 Å². The zero-order valence-corrected chi connectivity index (χ0v) is 13.4. The fourth-order valence-electron chi connectivity index (χ4n) is 2.34. The molecular weight excluding hydrogens is 310 g/mol. The van der Waals surface area contributed by atoms with Gasteiger partial charge < -0.3 is 5.32 Å². The van der Waals surface area contributed by atoms with Gasteiger partial charge in [-0.3, -0.25) is 0 Å². The number of sulfonamides is 1. The van der Waals surface area contributed by atoms with Crippen LogP contribution in [-0.2, 0) is 10.0 Å². The van der Waals surface area contributed by atoms with Gasteiger partial charge in [0, 0.05) is 31.6 Å². The van der Waals surface area contributed by atoms with Crippen LogP contribution in [0.3, 0.4) is 0 Å². The van der Waals surface area contributed by atoms with Gasteiger partial charge >= 0.3 is 0 Å². The van der Waals surface area contributed by atoms with Crippen molar-refractivity contribution in [3.8, 4) is 0 Å². The third kappa shape index (κ3) is 2.42. The number of nitrogens with zero attached hydrogens (tertiary/aromatic N) is 2. The quantitative estimate of drug-likeness (QED) is 0.874. The lowest BCUT2D eigenvalue weighted by atomic mass is 10.2. The maximum Gasteiger partial charge on any atom is 0.245 e. The maximum absolute atomic E-state index is 12.8. The van der Waals surface area contributed by atoms with Crippen LogP contribution < -0.4 is 5.32 Å². The summed E-state index contributed by atoms with van der Waals surface area (Å²) in [7, 11) is -1.98. The minimum Gasteiger partial charge on any atom is -0.313 e. The van der Waals surface area contributed by atoms with Gasteiger partial charge in [0.1, 0.15) is 10.0 Å². The van der Waals surface area contributed by atoms with E-state index >= 15 is 0 Å². The molecular formula is C14H16ClN3O2S. The molecule has 0 bridgehead atoms. The predicted molar refractivity (Wildman–Crippen MR) is 83.1 cm³/mol. The van der Waals surface area contributed by atoms with Crippen molar-refractivity contribution in [2.24, 2.45) is 0 Å². The van der Waals surface area contributed by atoms with Crippen molar-refractivity contribution in [3.63, 3.8) is 0 Å². The molecule has 0 amide bonds. The van der Waals surface area contributed by atoms with E-state index in [4.69, 9.17) is 11.6 Å². The van der Waals surface area contributed by atoms with Crippen molar-refractivity contribution < 1.29 is 8.42 Å². The minimum atomic E-state index is -3.58. The highest BCUT2D eigenvalue weighted by Gasteiger charge is 2.33. The van der Waals surface area contributed by atoms with Gasteiger partial charge in [0.2, 0.25) is 10.0 Å². The monoisotopic (exact) mass is 325 g/mol. The lowest BCUT2D eigenvalue weighted by Crippen LogP contribution is -2.57. The molecule has 0 aliphatic carbocycles. The van der Waals surface area contributed by atoms with Gasteiger partial charge in [-0.2, -0.15) is 4.31 Å². The first kappa shape index (κ1) is 14.7. The van der Waals surface area contributed by atoms with Crippen LogP contribution >= 0.6 is 11.6 Å². The van der Waals surface area contributed by atoms with Crippen LogP contribution in [0.1, 0.15) is 5.56 Å². The van der Waals surface area contributed by atoms with Crippen molar-refractivity contribution >= 4 is 32.5 Å². The van der Waals surface area contributed by atoms with Gasteiger partial charge in [-0.1, -0.05) is 23.7 Å². The number of likely N-dealkylation sites (N-methyl/N-ethyl adjacent to an activating group) is 1. The van der Waals surface area contributed by atoms with Crippen molar-refractivity contribution in [2.45, 2.75) is 17.9 Å². The summed E-state index contributed by atoms with van der Waals surface area (Å²) in [4.78, 5) is 4.48. The number of rotatable bonds is 3. The van der Waals surface area contributed by atoms with E-state index in [9.17, 15) is 8.42 Å². The van der Waals surface area contributed by atoms with Crippen molar-refractivity contribution in [3.05, 3.63) is 35.0 Å². The first-order valence-electron chi connectivity index (χ1n) is 6.66. The van der Waals surface area contributed by atoms with E-state index in [0.29, 0.717) is 23.8 Å². The standard InChI is InChI=1S/C14H16ClN3O2S/c1-9-6-10-4-3-5-12(13(10)17-14(9)15)21(19,20)18(2)11-7-16-8-11/h3-6,11,16H,7-8H2,1-2H3. The Morgan fingerprint density at radius 1 is 1.38 bits per heavy atom. The molecule has 0 radical (unpaired) electrons. The van der Waals surface area contributed by atoms with E-state index in [1.807, 2.05) is 19.1 Å². The molecule has 3 rings (SSSR count). The molecule has 21 heavy (non-hydrogen) atoms. The zero-order valence-electron chi connectivity index (χ0n) is 11.8. The normalized spacial score (nSPS) is 16.4. The third-order valence-corrected chi connectivity index (χ3v) is 6.19. The van der Waals surface area contributed by atoms with E-state index in [0.717, 1.165) is 10.9 Å². The number of fused-ring (bicyclic) bond motifs is 1. The Balaban J connectivity index is 2.17. The first-order chi connectivity index (χ1) is 9.91. The molecule has 5 nitrogen and oxygen atoms in total. The topological polar surface area (TPSA) is 62.3 Å². The highest BCUT2D eigenvalue weighted by atomic mass is 35.5. The Kier molecular flexibility index (Phi) is 3.65. The highest BCUT2D eigenvalue weighted by molar-refractivity contribution is 7.89. The second-order valence-corrected chi connectivity index (χ2v) is 7.58. The number of para-hydroxylation sites is 1. The van der Waals surface area contributed by atoms with Gasteiger partial charge in [-0.05, 0) is 24.6 Å². The van der Waals surface area contributed by atoms with Crippen LogP contribution in [0.15, 0.2) is 29.2 Å². The van der Waals surface area contributed by atoms with Crippen LogP contribution in [0, 0.1) is 6.92 Å².